The maximum Gasteiger partial charge on any atom is 0.239 e. The van der Waals surface area contributed by atoms with E-state index in [9.17, 15) is 9.90 Å². The first-order chi connectivity index (χ1) is 7.20. The highest BCUT2D eigenvalue weighted by Crippen LogP contribution is 2.17. The number of rotatable bonds is 3. The first-order valence-electron chi connectivity index (χ1n) is 5.87. The van der Waals surface area contributed by atoms with Crippen LogP contribution in [-0.4, -0.2) is 41.1 Å². The molecule has 0 aliphatic carbocycles. The number of carbonyl (C=O) groups is 1. The summed E-state index contributed by atoms with van der Waals surface area (Å²) in [5.74, 6) is -0.00144. The van der Waals surface area contributed by atoms with Crippen molar-refractivity contribution in [2.45, 2.75) is 51.1 Å². The number of carbonyl (C=O) groups excluding carboxylic acids is 1. The predicted octanol–water partition coefficient (Wildman–Crippen LogP) is 0.487. The Bertz CT molecular complexity index is 209. The summed E-state index contributed by atoms with van der Waals surface area (Å²) >= 11 is 0. The second-order valence-electron chi connectivity index (χ2n) is 4.23. The summed E-state index contributed by atoms with van der Waals surface area (Å²) in [6.07, 6.45) is 4.82. The van der Waals surface area contributed by atoms with E-state index in [0.29, 0.717) is 6.42 Å². The molecule has 15 heavy (non-hydrogen) atoms. The van der Waals surface area contributed by atoms with Crippen molar-refractivity contribution in [3.63, 3.8) is 0 Å². The minimum Gasteiger partial charge on any atom is -0.394 e. The van der Waals surface area contributed by atoms with Gasteiger partial charge in [0.25, 0.3) is 0 Å². The van der Waals surface area contributed by atoms with Crippen molar-refractivity contribution < 1.29 is 9.90 Å². The second-order valence-corrected chi connectivity index (χ2v) is 4.23. The number of hydrogen-bond acceptors (Lipinski definition) is 3. The number of hydrogen-bond donors (Lipinski definition) is 2. The van der Waals surface area contributed by atoms with Crippen LogP contribution in [0.15, 0.2) is 0 Å². The van der Waals surface area contributed by atoms with Gasteiger partial charge in [0.1, 0.15) is 0 Å². The summed E-state index contributed by atoms with van der Waals surface area (Å²) < 4.78 is 0. The largest absolute Gasteiger partial charge is 0.394 e. The van der Waals surface area contributed by atoms with Crippen molar-refractivity contribution in [2.75, 3.05) is 13.2 Å². The Balaban J connectivity index is 2.65. The Labute approximate surface area is 91.4 Å². The monoisotopic (exact) mass is 214 g/mol. The van der Waals surface area contributed by atoms with Crippen LogP contribution in [-0.2, 0) is 4.79 Å². The molecule has 0 radical (unpaired) electrons. The first-order valence-corrected chi connectivity index (χ1v) is 5.87. The van der Waals surface area contributed by atoms with Crippen LogP contribution in [0, 0.1) is 0 Å². The molecular formula is C11H22N2O2. The van der Waals surface area contributed by atoms with E-state index >= 15 is 0 Å². The fraction of sp³-hybridized carbons (Fsp3) is 0.909. The summed E-state index contributed by atoms with van der Waals surface area (Å²) in [5, 5.41) is 9.26. The molecule has 0 bridgehead atoms. The molecule has 88 valence electrons. The Hall–Kier alpha value is -0.610. The van der Waals surface area contributed by atoms with Crippen LogP contribution in [0.25, 0.3) is 0 Å². The molecular weight excluding hydrogens is 192 g/mol. The zero-order valence-corrected chi connectivity index (χ0v) is 9.48. The number of aliphatic hydroxyl groups is 1. The smallest absolute Gasteiger partial charge is 0.239 e. The van der Waals surface area contributed by atoms with Gasteiger partial charge in [0.2, 0.25) is 5.91 Å². The van der Waals surface area contributed by atoms with Crippen LogP contribution in [0.1, 0.15) is 39.0 Å². The van der Waals surface area contributed by atoms with Gasteiger partial charge in [-0.2, -0.15) is 0 Å². The van der Waals surface area contributed by atoms with E-state index in [1.165, 1.54) is 0 Å². The first kappa shape index (κ1) is 12.5. The molecule has 4 heteroatoms. The van der Waals surface area contributed by atoms with Gasteiger partial charge in [-0.05, 0) is 19.3 Å². The molecule has 1 aliphatic rings. The average molecular weight is 214 g/mol. The lowest BCUT2D eigenvalue weighted by Gasteiger charge is -2.30. The summed E-state index contributed by atoms with van der Waals surface area (Å²) in [6, 6.07) is -0.422. The zero-order chi connectivity index (χ0) is 11.3. The molecule has 1 rings (SSSR count). The maximum atomic E-state index is 11.9. The lowest BCUT2D eigenvalue weighted by Crippen LogP contribution is -2.49. The van der Waals surface area contributed by atoms with E-state index in [2.05, 4.69) is 0 Å². The van der Waals surface area contributed by atoms with Gasteiger partial charge in [0.15, 0.2) is 0 Å². The molecule has 1 saturated heterocycles. The van der Waals surface area contributed by atoms with E-state index in [4.69, 9.17) is 5.73 Å². The van der Waals surface area contributed by atoms with Gasteiger partial charge in [-0.1, -0.05) is 19.8 Å². The zero-order valence-electron chi connectivity index (χ0n) is 9.48. The molecule has 4 nitrogen and oxygen atoms in total. The summed E-state index contributed by atoms with van der Waals surface area (Å²) in [7, 11) is 0. The van der Waals surface area contributed by atoms with E-state index in [0.717, 1.165) is 32.2 Å². The quantitative estimate of drug-likeness (QED) is 0.718. The number of aliphatic hydroxyl groups excluding tert-OH is 1. The highest BCUT2D eigenvalue weighted by atomic mass is 16.3. The number of amides is 1. The normalized spacial score (nSPS) is 24.7. The highest BCUT2D eigenvalue weighted by molar-refractivity contribution is 5.81. The van der Waals surface area contributed by atoms with Crippen LogP contribution in [0.5, 0.6) is 0 Å². The van der Waals surface area contributed by atoms with E-state index in [1.807, 2.05) is 6.92 Å². The second kappa shape index (κ2) is 6.08. The molecule has 1 heterocycles. The number of nitrogens with two attached hydrogens (primary N) is 1. The average Bonchev–Trinajstić information content (AvgIpc) is 2.51. The molecule has 0 spiro atoms. The molecule has 1 amide bonds. The molecule has 0 aromatic rings. The van der Waals surface area contributed by atoms with Gasteiger partial charge in [0.05, 0.1) is 18.7 Å². The fourth-order valence-corrected chi connectivity index (χ4v) is 2.04. The van der Waals surface area contributed by atoms with Crippen molar-refractivity contribution >= 4 is 5.91 Å². The molecule has 0 saturated carbocycles. The standard InChI is InChI=1S/C11H22N2O2/c1-2-10(12)11(15)13-7-5-3-4-6-9(13)8-14/h9-10,14H,2-8,12H2,1H3/t9?,10-/m0/s1. The Morgan fingerprint density at radius 3 is 2.87 bits per heavy atom. The van der Waals surface area contributed by atoms with E-state index < -0.39 is 6.04 Å². The molecule has 2 atom stereocenters. The van der Waals surface area contributed by atoms with E-state index in [1.54, 1.807) is 4.90 Å². The highest BCUT2D eigenvalue weighted by Gasteiger charge is 2.27. The number of nitrogens with zero attached hydrogens (tertiary/aromatic N) is 1. The van der Waals surface area contributed by atoms with Gasteiger partial charge in [-0.15, -0.1) is 0 Å². The van der Waals surface area contributed by atoms with Crippen molar-refractivity contribution in [1.82, 2.24) is 4.90 Å². The van der Waals surface area contributed by atoms with E-state index in [-0.39, 0.29) is 18.6 Å². The topological polar surface area (TPSA) is 66.6 Å². The van der Waals surface area contributed by atoms with Crippen LogP contribution in [0.4, 0.5) is 0 Å². The van der Waals surface area contributed by atoms with Gasteiger partial charge >= 0.3 is 0 Å². The minimum atomic E-state index is -0.405. The van der Waals surface area contributed by atoms with Gasteiger partial charge < -0.3 is 15.7 Å². The van der Waals surface area contributed by atoms with Crippen molar-refractivity contribution in [3.05, 3.63) is 0 Å². The minimum absolute atomic E-state index is 0.00144. The third-order valence-corrected chi connectivity index (χ3v) is 3.13. The van der Waals surface area contributed by atoms with Crippen molar-refractivity contribution in [3.8, 4) is 0 Å². The molecule has 1 unspecified atom stereocenters. The van der Waals surface area contributed by atoms with Gasteiger partial charge in [-0.3, -0.25) is 4.79 Å². The lowest BCUT2D eigenvalue weighted by atomic mass is 10.1. The Morgan fingerprint density at radius 2 is 2.27 bits per heavy atom. The van der Waals surface area contributed by atoms with Crippen LogP contribution in [0.2, 0.25) is 0 Å². The lowest BCUT2D eigenvalue weighted by molar-refractivity contribution is -0.135. The van der Waals surface area contributed by atoms with Crippen molar-refractivity contribution in [1.29, 1.82) is 0 Å². The summed E-state index contributed by atoms with van der Waals surface area (Å²) in [5.41, 5.74) is 5.74. The predicted molar refractivity (Wildman–Crippen MR) is 59.3 cm³/mol. The third-order valence-electron chi connectivity index (χ3n) is 3.13. The van der Waals surface area contributed by atoms with Crippen molar-refractivity contribution in [2.24, 2.45) is 5.73 Å². The summed E-state index contributed by atoms with van der Waals surface area (Å²) in [4.78, 5) is 13.7. The maximum absolute atomic E-state index is 11.9. The molecule has 1 fully saturated rings. The fourth-order valence-electron chi connectivity index (χ4n) is 2.04. The Kier molecular flexibility index (Phi) is 5.05. The molecule has 1 aliphatic heterocycles. The Morgan fingerprint density at radius 1 is 1.53 bits per heavy atom. The van der Waals surface area contributed by atoms with Crippen LogP contribution < -0.4 is 5.73 Å². The SMILES string of the molecule is CC[C@H](N)C(=O)N1CCCCCC1CO. The third kappa shape index (κ3) is 3.18. The number of likely N-dealkylation sites (tertiary alicyclic amines) is 1. The van der Waals surface area contributed by atoms with Gasteiger partial charge in [-0.25, -0.2) is 0 Å². The summed E-state index contributed by atoms with van der Waals surface area (Å²) in [6.45, 7) is 2.72. The van der Waals surface area contributed by atoms with Crippen LogP contribution in [0.3, 0.4) is 0 Å². The molecule has 3 N–H and O–H groups in total. The molecule has 0 aromatic carbocycles. The molecule has 0 aromatic heterocycles. The van der Waals surface area contributed by atoms with Gasteiger partial charge in [0, 0.05) is 6.54 Å². The van der Waals surface area contributed by atoms with Crippen LogP contribution >= 0.6 is 0 Å².